The molecular formula is C17H15N3O. The Kier molecular flexibility index (Phi) is 3.51. The number of anilines is 2. The molecule has 0 spiro atoms. The van der Waals surface area contributed by atoms with Crippen LogP contribution in [0, 0.1) is 6.92 Å². The summed E-state index contributed by atoms with van der Waals surface area (Å²) in [5, 5.41) is 7.71. The van der Waals surface area contributed by atoms with Crippen LogP contribution in [0.4, 0.5) is 16.2 Å². The van der Waals surface area contributed by atoms with Crippen molar-refractivity contribution in [2.45, 2.75) is 6.92 Å². The van der Waals surface area contributed by atoms with E-state index in [0.717, 1.165) is 27.7 Å². The minimum absolute atomic E-state index is 0.257. The van der Waals surface area contributed by atoms with Crippen molar-refractivity contribution in [1.82, 2.24) is 4.98 Å². The Labute approximate surface area is 122 Å². The number of amides is 2. The highest BCUT2D eigenvalue weighted by Gasteiger charge is 2.03. The van der Waals surface area contributed by atoms with Crippen LogP contribution in [0.1, 0.15) is 5.56 Å². The number of aromatic nitrogens is 1. The Hall–Kier alpha value is -2.88. The second-order valence-corrected chi connectivity index (χ2v) is 4.88. The van der Waals surface area contributed by atoms with Gasteiger partial charge in [-0.3, -0.25) is 4.98 Å². The van der Waals surface area contributed by atoms with E-state index < -0.39 is 0 Å². The van der Waals surface area contributed by atoms with Gasteiger partial charge in [0, 0.05) is 29.2 Å². The summed E-state index contributed by atoms with van der Waals surface area (Å²) in [6.07, 6.45) is 3.53. The van der Waals surface area contributed by atoms with Crippen LogP contribution in [0.25, 0.3) is 10.8 Å². The van der Waals surface area contributed by atoms with E-state index >= 15 is 0 Å². The van der Waals surface area contributed by atoms with Gasteiger partial charge in [-0.1, -0.05) is 23.8 Å². The predicted molar refractivity (Wildman–Crippen MR) is 85.6 cm³/mol. The molecule has 104 valence electrons. The quantitative estimate of drug-likeness (QED) is 0.738. The average Bonchev–Trinajstić information content (AvgIpc) is 2.49. The number of rotatable bonds is 2. The number of nitrogens with zero attached hydrogens (tertiary/aromatic N) is 1. The smallest absolute Gasteiger partial charge is 0.308 e. The SMILES string of the molecule is Cc1ccc(NC(=O)Nc2ccc3cnccc3c2)cc1. The van der Waals surface area contributed by atoms with Gasteiger partial charge in [0.15, 0.2) is 0 Å². The van der Waals surface area contributed by atoms with Crippen molar-refractivity contribution in [2.75, 3.05) is 10.6 Å². The van der Waals surface area contributed by atoms with Gasteiger partial charge in [-0.2, -0.15) is 0 Å². The predicted octanol–water partition coefficient (Wildman–Crippen LogP) is 4.19. The maximum Gasteiger partial charge on any atom is 0.323 e. The van der Waals surface area contributed by atoms with E-state index in [-0.39, 0.29) is 6.03 Å². The Morgan fingerprint density at radius 3 is 2.43 bits per heavy atom. The standard InChI is InChI=1S/C17H15N3O/c1-12-2-5-15(6-3-12)19-17(21)20-16-7-4-14-11-18-9-8-13(14)10-16/h2-11H,1H3,(H2,19,20,21). The minimum atomic E-state index is -0.257. The fraction of sp³-hybridized carbons (Fsp3) is 0.0588. The lowest BCUT2D eigenvalue weighted by molar-refractivity contribution is 0.262. The van der Waals surface area contributed by atoms with Gasteiger partial charge in [0.2, 0.25) is 0 Å². The van der Waals surface area contributed by atoms with Gasteiger partial charge >= 0.3 is 6.03 Å². The Morgan fingerprint density at radius 2 is 1.62 bits per heavy atom. The van der Waals surface area contributed by atoms with Crippen LogP contribution in [0.2, 0.25) is 0 Å². The van der Waals surface area contributed by atoms with Gasteiger partial charge < -0.3 is 10.6 Å². The number of carbonyl (C=O) groups excluding carboxylic acids is 1. The molecule has 0 aliphatic carbocycles. The molecule has 0 fully saturated rings. The fourth-order valence-corrected chi connectivity index (χ4v) is 2.09. The number of aryl methyl sites for hydroxylation is 1. The Balaban J connectivity index is 1.72. The largest absolute Gasteiger partial charge is 0.323 e. The summed E-state index contributed by atoms with van der Waals surface area (Å²) < 4.78 is 0. The highest BCUT2D eigenvalue weighted by Crippen LogP contribution is 2.18. The summed E-state index contributed by atoms with van der Waals surface area (Å²) in [4.78, 5) is 16.0. The number of nitrogens with one attached hydrogen (secondary N) is 2. The van der Waals surface area contributed by atoms with E-state index in [9.17, 15) is 4.79 Å². The van der Waals surface area contributed by atoms with E-state index in [1.165, 1.54) is 0 Å². The molecule has 0 unspecified atom stereocenters. The van der Waals surface area contributed by atoms with Crippen LogP contribution in [0.5, 0.6) is 0 Å². The van der Waals surface area contributed by atoms with Crippen LogP contribution < -0.4 is 10.6 Å². The molecule has 2 N–H and O–H groups in total. The first-order valence-electron chi connectivity index (χ1n) is 6.69. The second kappa shape index (κ2) is 5.63. The lowest BCUT2D eigenvalue weighted by Gasteiger charge is -2.08. The normalized spacial score (nSPS) is 10.3. The molecular weight excluding hydrogens is 262 g/mol. The van der Waals surface area contributed by atoms with Crippen LogP contribution in [0.15, 0.2) is 60.9 Å². The summed E-state index contributed by atoms with van der Waals surface area (Å²) in [5.41, 5.74) is 2.67. The molecule has 0 aliphatic heterocycles. The highest BCUT2D eigenvalue weighted by molar-refractivity contribution is 6.01. The van der Waals surface area contributed by atoms with E-state index in [1.807, 2.05) is 55.5 Å². The zero-order valence-electron chi connectivity index (χ0n) is 11.6. The van der Waals surface area contributed by atoms with Gasteiger partial charge in [-0.15, -0.1) is 0 Å². The first-order valence-corrected chi connectivity index (χ1v) is 6.69. The number of carbonyl (C=O) groups is 1. The molecule has 0 saturated heterocycles. The molecule has 3 rings (SSSR count). The second-order valence-electron chi connectivity index (χ2n) is 4.88. The summed E-state index contributed by atoms with van der Waals surface area (Å²) in [7, 11) is 0. The average molecular weight is 277 g/mol. The lowest BCUT2D eigenvalue weighted by atomic mass is 10.1. The van der Waals surface area contributed by atoms with Crippen molar-refractivity contribution in [2.24, 2.45) is 0 Å². The van der Waals surface area contributed by atoms with Crippen molar-refractivity contribution in [1.29, 1.82) is 0 Å². The first-order chi connectivity index (χ1) is 10.2. The minimum Gasteiger partial charge on any atom is -0.308 e. The van der Waals surface area contributed by atoms with Gasteiger partial charge in [0.1, 0.15) is 0 Å². The van der Waals surface area contributed by atoms with Crippen molar-refractivity contribution in [3.05, 3.63) is 66.5 Å². The van der Waals surface area contributed by atoms with Crippen LogP contribution in [-0.2, 0) is 0 Å². The van der Waals surface area contributed by atoms with Crippen molar-refractivity contribution in [3.8, 4) is 0 Å². The van der Waals surface area contributed by atoms with Gasteiger partial charge in [-0.05, 0) is 42.6 Å². The maximum absolute atomic E-state index is 12.0. The Morgan fingerprint density at radius 1 is 0.905 bits per heavy atom. The van der Waals surface area contributed by atoms with Crippen molar-refractivity contribution < 1.29 is 4.79 Å². The number of hydrogen-bond donors (Lipinski definition) is 2. The molecule has 1 heterocycles. The number of fused-ring (bicyclic) bond motifs is 1. The number of benzene rings is 2. The first kappa shape index (κ1) is 13.1. The summed E-state index contributed by atoms with van der Waals surface area (Å²) >= 11 is 0. The van der Waals surface area contributed by atoms with Crippen LogP contribution in [-0.4, -0.2) is 11.0 Å². The van der Waals surface area contributed by atoms with Gasteiger partial charge in [0.25, 0.3) is 0 Å². The molecule has 1 aromatic heterocycles. The molecule has 4 nitrogen and oxygen atoms in total. The molecule has 2 amide bonds. The van der Waals surface area contributed by atoms with E-state index in [2.05, 4.69) is 15.6 Å². The van der Waals surface area contributed by atoms with E-state index in [1.54, 1.807) is 12.4 Å². The summed E-state index contributed by atoms with van der Waals surface area (Å²) in [5.74, 6) is 0. The van der Waals surface area contributed by atoms with E-state index in [4.69, 9.17) is 0 Å². The van der Waals surface area contributed by atoms with Crippen LogP contribution >= 0.6 is 0 Å². The van der Waals surface area contributed by atoms with Gasteiger partial charge in [0.05, 0.1) is 0 Å². The molecule has 0 radical (unpaired) electrons. The van der Waals surface area contributed by atoms with E-state index in [0.29, 0.717) is 0 Å². The zero-order chi connectivity index (χ0) is 14.7. The molecule has 0 saturated carbocycles. The third kappa shape index (κ3) is 3.17. The maximum atomic E-state index is 12.0. The topological polar surface area (TPSA) is 54.0 Å². The summed E-state index contributed by atoms with van der Waals surface area (Å²) in [6, 6.07) is 15.0. The monoisotopic (exact) mass is 277 g/mol. The number of hydrogen-bond acceptors (Lipinski definition) is 2. The Bertz CT molecular complexity index is 781. The third-order valence-electron chi connectivity index (χ3n) is 3.21. The van der Waals surface area contributed by atoms with Crippen LogP contribution in [0.3, 0.4) is 0 Å². The van der Waals surface area contributed by atoms with Crippen molar-refractivity contribution in [3.63, 3.8) is 0 Å². The number of urea groups is 1. The molecule has 4 heteroatoms. The number of pyridine rings is 1. The third-order valence-corrected chi connectivity index (χ3v) is 3.21. The molecule has 21 heavy (non-hydrogen) atoms. The molecule has 0 bridgehead atoms. The summed E-state index contributed by atoms with van der Waals surface area (Å²) in [6.45, 7) is 2.01. The fourth-order valence-electron chi connectivity index (χ4n) is 2.09. The van der Waals surface area contributed by atoms with Gasteiger partial charge in [-0.25, -0.2) is 4.79 Å². The molecule has 0 atom stereocenters. The lowest BCUT2D eigenvalue weighted by Crippen LogP contribution is -2.19. The molecule has 0 aliphatic rings. The molecule has 2 aromatic carbocycles. The zero-order valence-corrected chi connectivity index (χ0v) is 11.6. The highest BCUT2D eigenvalue weighted by atomic mass is 16.2. The van der Waals surface area contributed by atoms with Crippen molar-refractivity contribution >= 4 is 28.2 Å². The molecule has 3 aromatic rings.